The molecule has 94 valence electrons. The quantitative estimate of drug-likeness (QED) is 0.847. The third-order valence-corrected chi connectivity index (χ3v) is 1.96. The van der Waals surface area contributed by atoms with E-state index in [0.717, 1.165) is 6.20 Å². The van der Waals surface area contributed by atoms with Crippen LogP contribution in [0.5, 0.6) is 5.88 Å². The number of ether oxygens (including phenoxy) is 1. The van der Waals surface area contributed by atoms with E-state index in [1.807, 2.05) is 0 Å². The van der Waals surface area contributed by atoms with Gasteiger partial charge in [-0.1, -0.05) is 0 Å². The number of aryl methyl sites for hydroxylation is 1. The van der Waals surface area contributed by atoms with E-state index in [1.54, 1.807) is 0 Å². The average Bonchev–Trinajstić information content (AvgIpc) is 2.17. The molecule has 17 heavy (non-hydrogen) atoms. The summed E-state index contributed by atoms with van der Waals surface area (Å²) >= 11 is 0. The summed E-state index contributed by atoms with van der Waals surface area (Å²) in [4.78, 5) is 14.3. The van der Waals surface area contributed by atoms with E-state index in [0.29, 0.717) is 0 Å². The molecule has 0 spiro atoms. The maximum Gasteiger partial charge on any atom is 0.574 e. The van der Waals surface area contributed by atoms with Gasteiger partial charge in [-0.3, -0.25) is 0 Å². The summed E-state index contributed by atoms with van der Waals surface area (Å²) in [6.07, 6.45) is -3.95. The Labute approximate surface area is 94.0 Å². The highest BCUT2D eigenvalue weighted by atomic mass is 19.4. The van der Waals surface area contributed by atoms with Gasteiger partial charge in [0.2, 0.25) is 5.88 Å². The van der Waals surface area contributed by atoms with E-state index in [-0.39, 0.29) is 16.7 Å². The molecule has 0 atom stereocenters. The monoisotopic (exact) mass is 250 g/mol. The number of hydrogen-bond acceptors (Lipinski definition) is 4. The molecule has 1 aromatic rings. The first-order valence-electron chi connectivity index (χ1n) is 4.44. The SMILES string of the molecule is Cc1cnc(OC(F)(F)F)c(CN)c1C(=O)O. The zero-order valence-electron chi connectivity index (χ0n) is 8.71. The Morgan fingerprint density at radius 1 is 1.59 bits per heavy atom. The van der Waals surface area contributed by atoms with Crippen LogP contribution < -0.4 is 10.5 Å². The number of aromatic nitrogens is 1. The lowest BCUT2D eigenvalue weighted by atomic mass is 10.1. The highest BCUT2D eigenvalue weighted by Crippen LogP contribution is 2.27. The average molecular weight is 250 g/mol. The fourth-order valence-corrected chi connectivity index (χ4v) is 1.33. The van der Waals surface area contributed by atoms with Gasteiger partial charge in [-0.25, -0.2) is 9.78 Å². The minimum Gasteiger partial charge on any atom is -0.478 e. The van der Waals surface area contributed by atoms with Crippen LogP contribution in [0.3, 0.4) is 0 Å². The smallest absolute Gasteiger partial charge is 0.478 e. The number of carboxylic acids is 1. The van der Waals surface area contributed by atoms with Gasteiger partial charge in [0.1, 0.15) is 0 Å². The van der Waals surface area contributed by atoms with Crippen molar-refractivity contribution in [2.75, 3.05) is 0 Å². The molecule has 0 fully saturated rings. The van der Waals surface area contributed by atoms with Crippen molar-refractivity contribution in [3.8, 4) is 5.88 Å². The highest BCUT2D eigenvalue weighted by Gasteiger charge is 2.34. The van der Waals surface area contributed by atoms with E-state index in [9.17, 15) is 18.0 Å². The van der Waals surface area contributed by atoms with Crippen LogP contribution in [-0.2, 0) is 6.54 Å². The van der Waals surface area contributed by atoms with Gasteiger partial charge < -0.3 is 15.6 Å². The summed E-state index contributed by atoms with van der Waals surface area (Å²) in [5.74, 6) is -2.21. The number of aromatic carboxylic acids is 1. The second-order valence-electron chi connectivity index (χ2n) is 3.16. The molecule has 0 radical (unpaired) electrons. The van der Waals surface area contributed by atoms with Gasteiger partial charge in [-0.2, -0.15) is 0 Å². The second-order valence-corrected chi connectivity index (χ2v) is 3.16. The fraction of sp³-hybridized carbons (Fsp3) is 0.333. The molecule has 0 saturated carbocycles. The van der Waals surface area contributed by atoms with Gasteiger partial charge in [0, 0.05) is 18.3 Å². The summed E-state index contributed by atoms with van der Waals surface area (Å²) in [6.45, 7) is 0.995. The summed E-state index contributed by atoms with van der Waals surface area (Å²) in [5, 5.41) is 8.88. The van der Waals surface area contributed by atoms with E-state index in [4.69, 9.17) is 10.8 Å². The van der Waals surface area contributed by atoms with Gasteiger partial charge in [-0.15, -0.1) is 13.2 Å². The number of nitrogens with two attached hydrogens (primary N) is 1. The van der Waals surface area contributed by atoms with Crippen LogP contribution in [0, 0.1) is 6.92 Å². The summed E-state index contributed by atoms with van der Waals surface area (Å²) < 4.78 is 39.7. The van der Waals surface area contributed by atoms with E-state index in [2.05, 4.69) is 9.72 Å². The molecule has 1 aromatic heterocycles. The van der Waals surface area contributed by atoms with Crippen LogP contribution in [0.4, 0.5) is 13.2 Å². The maximum atomic E-state index is 12.0. The summed E-state index contributed by atoms with van der Waals surface area (Å²) in [5.41, 5.74) is 4.84. The van der Waals surface area contributed by atoms with E-state index < -0.39 is 24.8 Å². The van der Waals surface area contributed by atoms with Crippen molar-refractivity contribution >= 4 is 5.97 Å². The molecule has 8 heteroatoms. The number of carboxylic acid groups (broad SMARTS) is 1. The predicted octanol–water partition coefficient (Wildman–Crippen LogP) is 1.45. The molecule has 3 N–H and O–H groups in total. The van der Waals surface area contributed by atoms with Crippen LogP contribution in [-0.4, -0.2) is 22.4 Å². The molecule has 0 aliphatic rings. The van der Waals surface area contributed by atoms with Crippen LogP contribution in [0.25, 0.3) is 0 Å². The fourth-order valence-electron chi connectivity index (χ4n) is 1.33. The lowest BCUT2D eigenvalue weighted by Gasteiger charge is -2.14. The molecular weight excluding hydrogens is 241 g/mol. The van der Waals surface area contributed by atoms with Gasteiger partial charge in [0.25, 0.3) is 0 Å². The summed E-state index contributed by atoms with van der Waals surface area (Å²) in [6, 6.07) is 0. The van der Waals surface area contributed by atoms with Crippen molar-refractivity contribution in [3.63, 3.8) is 0 Å². The Morgan fingerprint density at radius 3 is 2.59 bits per heavy atom. The normalized spacial score (nSPS) is 11.4. The van der Waals surface area contributed by atoms with Crippen molar-refractivity contribution in [1.29, 1.82) is 0 Å². The zero-order chi connectivity index (χ0) is 13.2. The van der Waals surface area contributed by atoms with Crippen molar-refractivity contribution in [2.45, 2.75) is 19.8 Å². The number of pyridine rings is 1. The van der Waals surface area contributed by atoms with Crippen LogP contribution in [0.15, 0.2) is 6.20 Å². The summed E-state index contributed by atoms with van der Waals surface area (Å²) in [7, 11) is 0. The van der Waals surface area contributed by atoms with Crippen molar-refractivity contribution in [3.05, 3.63) is 22.9 Å². The Balaban J connectivity index is 3.33. The molecular formula is C9H9F3N2O3. The Hall–Kier alpha value is -1.83. The van der Waals surface area contributed by atoms with Crippen LogP contribution in [0.2, 0.25) is 0 Å². The molecule has 1 rings (SSSR count). The predicted molar refractivity (Wildman–Crippen MR) is 50.5 cm³/mol. The van der Waals surface area contributed by atoms with Crippen molar-refractivity contribution < 1.29 is 27.8 Å². The first kappa shape index (κ1) is 13.2. The molecule has 0 unspecified atom stereocenters. The van der Waals surface area contributed by atoms with Gasteiger partial charge in [-0.05, 0) is 12.5 Å². The molecule has 0 bridgehead atoms. The Kier molecular flexibility index (Phi) is 3.56. The topological polar surface area (TPSA) is 85.4 Å². The molecule has 0 aliphatic carbocycles. The lowest BCUT2D eigenvalue weighted by molar-refractivity contribution is -0.276. The highest BCUT2D eigenvalue weighted by molar-refractivity contribution is 5.91. The maximum absolute atomic E-state index is 12.0. The minimum absolute atomic E-state index is 0.215. The molecule has 1 heterocycles. The number of rotatable bonds is 3. The van der Waals surface area contributed by atoms with Crippen molar-refractivity contribution in [2.24, 2.45) is 5.73 Å². The number of carbonyl (C=O) groups is 1. The molecule has 0 aromatic carbocycles. The minimum atomic E-state index is -4.94. The van der Waals surface area contributed by atoms with Gasteiger partial charge in [0.15, 0.2) is 0 Å². The number of nitrogens with zero attached hydrogens (tertiary/aromatic N) is 1. The molecule has 0 aliphatic heterocycles. The third kappa shape index (κ3) is 3.06. The molecule has 0 amide bonds. The van der Waals surface area contributed by atoms with Gasteiger partial charge >= 0.3 is 12.3 Å². The van der Waals surface area contributed by atoms with Crippen molar-refractivity contribution in [1.82, 2.24) is 4.98 Å². The third-order valence-electron chi connectivity index (χ3n) is 1.96. The number of alkyl halides is 3. The Bertz CT molecular complexity index is 446. The first-order chi connectivity index (χ1) is 7.76. The van der Waals surface area contributed by atoms with Crippen LogP contribution in [0.1, 0.15) is 21.5 Å². The van der Waals surface area contributed by atoms with E-state index in [1.165, 1.54) is 6.92 Å². The number of hydrogen-bond donors (Lipinski definition) is 2. The lowest BCUT2D eigenvalue weighted by Crippen LogP contribution is -2.21. The Morgan fingerprint density at radius 2 is 2.18 bits per heavy atom. The van der Waals surface area contributed by atoms with Crippen LogP contribution >= 0.6 is 0 Å². The second kappa shape index (κ2) is 4.58. The molecule has 0 saturated heterocycles. The first-order valence-corrected chi connectivity index (χ1v) is 4.44. The van der Waals surface area contributed by atoms with Gasteiger partial charge in [0.05, 0.1) is 5.56 Å². The standard InChI is InChI=1S/C9H9F3N2O3/c1-4-3-14-7(17-9(10,11)12)5(2-13)6(4)8(15)16/h3H,2,13H2,1H3,(H,15,16). The largest absolute Gasteiger partial charge is 0.574 e. The van der Waals surface area contributed by atoms with E-state index >= 15 is 0 Å². The number of halogens is 3. The molecule has 5 nitrogen and oxygen atoms in total. The zero-order valence-corrected chi connectivity index (χ0v) is 8.71.